The molecule has 0 bridgehead atoms. The third-order valence-corrected chi connectivity index (χ3v) is 5.64. The molecule has 3 heterocycles. The second-order valence-corrected chi connectivity index (χ2v) is 7.18. The first-order chi connectivity index (χ1) is 12.6. The molecular weight excluding hydrogens is 330 g/mol. The highest BCUT2D eigenvalue weighted by molar-refractivity contribution is 6.09. The molecule has 4 rings (SSSR count). The fraction of sp³-hybridized carbons (Fsp3) is 0.550. The maximum absolute atomic E-state index is 13.0. The highest BCUT2D eigenvalue weighted by Gasteiger charge is 2.31. The first kappa shape index (κ1) is 17.4. The lowest BCUT2D eigenvalue weighted by atomic mass is 10.1. The molecule has 6 nitrogen and oxygen atoms in total. The molecule has 1 aromatic heterocycles. The molecule has 2 aliphatic rings. The molecule has 140 valence electrons. The summed E-state index contributed by atoms with van der Waals surface area (Å²) in [6.45, 7) is 9.79. The topological polar surface area (TPSA) is 46.9 Å². The van der Waals surface area contributed by atoms with Gasteiger partial charge >= 0.3 is 0 Å². The molecule has 1 atom stereocenters. The summed E-state index contributed by atoms with van der Waals surface area (Å²) >= 11 is 0. The lowest BCUT2D eigenvalue weighted by molar-refractivity contribution is 0.0272. The molecule has 26 heavy (non-hydrogen) atoms. The summed E-state index contributed by atoms with van der Waals surface area (Å²) in [5.41, 5.74) is 2.91. The van der Waals surface area contributed by atoms with Crippen molar-refractivity contribution in [2.45, 2.75) is 19.9 Å². The zero-order chi connectivity index (χ0) is 18.3. The van der Waals surface area contributed by atoms with Gasteiger partial charge in [-0.25, -0.2) is 0 Å². The number of morpholine rings is 1. The molecule has 0 saturated carbocycles. The number of hydrogen-bond donors (Lipinski definition) is 0. The first-order valence-corrected chi connectivity index (χ1v) is 9.43. The van der Waals surface area contributed by atoms with Crippen LogP contribution in [0.5, 0.6) is 5.75 Å². The Balaban J connectivity index is 1.79. The summed E-state index contributed by atoms with van der Waals surface area (Å²) in [5, 5.41) is 0.997. The summed E-state index contributed by atoms with van der Waals surface area (Å²) in [4.78, 5) is 17.2. The molecule has 1 saturated heterocycles. The molecule has 0 aliphatic carbocycles. The van der Waals surface area contributed by atoms with Crippen molar-refractivity contribution in [2.24, 2.45) is 0 Å². The molecule has 2 aromatic rings. The van der Waals surface area contributed by atoms with Gasteiger partial charge in [0.25, 0.3) is 5.91 Å². The van der Waals surface area contributed by atoms with Gasteiger partial charge in [0.05, 0.1) is 30.3 Å². The largest absolute Gasteiger partial charge is 0.489 e. The minimum Gasteiger partial charge on any atom is -0.489 e. The number of carbonyl (C=O) groups excluding carboxylic acids is 1. The molecule has 0 radical (unpaired) electrons. The third kappa shape index (κ3) is 2.77. The van der Waals surface area contributed by atoms with Gasteiger partial charge in [-0.2, -0.15) is 0 Å². The van der Waals surface area contributed by atoms with Gasteiger partial charge in [-0.3, -0.25) is 9.69 Å². The maximum atomic E-state index is 13.0. The first-order valence-electron chi connectivity index (χ1n) is 9.43. The van der Waals surface area contributed by atoms with Crippen LogP contribution in [0.2, 0.25) is 0 Å². The Morgan fingerprint density at radius 3 is 2.81 bits per heavy atom. The second kappa shape index (κ2) is 6.93. The summed E-state index contributed by atoms with van der Waals surface area (Å²) in [6.07, 6.45) is 0. The lowest BCUT2D eigenvalue weighted by Gasteiger charge is -2.34. The van der Waals surface area contributed by atoms with E-state index in [1.807, 2.05) is 32.2 Å². The van der Waals surface area contributed by atoms with Gasteiger partial charge in [0, 0.05) is 44.3 Å². The SMILES string of the molecule is CCN(C)C(=O)c1c(C)n2c3c(cccc13)OC[C@@H]2CN1CCOCC1. The second-order valence-electron chi connectivity index (χ2n) is 7.18. The fourth-order valence-corrected chi connectivity index (χ4v) is 4.11. The number of rotatable bonds is 4. The van der Waals surface area contributed by atoms with E-state index in [1.54, 1.807) is 4.90 Å². The molecule has 1 aromatic carbocycles. The van der Waals surface area contributed by atoms with E-state index in [2.05, 4.69) is 16.4 Å². The Hall–Kier alpha value is -2.05. The van der Waals surface area contributed by atoms with Crippen LogP contribution in [-0.2, 0) is 4.74 Å². The van der Waals surface area contributed by atoms with E-state index in [1.165, 1.54) is 0 Å². The average Bonchev–Trinajstić information content (AvgIpc) is 2.97. The van der Waals surface area contributed by atoms with E-state index in [-0.39, 0.29) is 11.9 Å². The zero-order valence-corrected chi connectivity index (χ0v) is 15.8. The standard InChI is InChI=1S/C20H27N3O3/c1-4-21(3)20(24)18-14(2)23-15(12-22-8-10-25-11-9-22)13-26-17-7-5-6-16(18)19(17)23/h5-7,15H,4,8-13H2,1-3H3/t15-/m0/s1. The van der Waals surface area contributed by atoms with Crippen LogP contribution in [0.25, 0.3) is 10.9 Å². The predicted octanol–water partition coefficient (Wildman–Crippen LogP) is 2.31. The average molecular weight is 357 g/mol. The highest BCUT2D eigenvalue weighted by atomic mass is 16.5. The van der Waals surface area contributed by atoms with Crippen molar-refractivity contribution in [1.29, 1.82) is 0 Å². The highest BCUT2D eigenvalue weighted by Crippen LogP contribution is 2.39. The van der Waals surface area contributed by atoms with Crippen LogP contribution in [-0.4, -0.2) is 73.3 Å². The molecule has 0 N–H and O–H groups in total. The van der Waals surface area contributed by atoms with Crippen molar-refractivity contribution in [1.82, 2.24) is 14.4 Å². The van der Waals surface area contributed by atoms with Crippen LogP contribution in [0, 0.1) is 6.92 Å². The molecular formula is C20H27N3O3. The zero-order valence-electron chi connectivity index (χ0n) is 15.8. The number of amides is 1. The van der Waals surface area contributed by atoms with Crippen LogP contribution in [0.1, 0.15) is 29.0 Å². The maximum Gasteiger partial charge on any atom is 0.256 e. The quantitative estimate of drug-likeness (QED) is 0.842. The van der Waals surface area contributed by atoms with Crippen LogP contribution < -0.4 is 4.74 Å². The van der Waals surface area contributed by atoms with E-state index in [0.29, 0.717) is 13.2 Å². The molecule has 0 spiro atoms. The monoisotopic (exact) mass is 357 g/mol. The summed E-state index contributed by atoms with van der Waals surface area (Å²) in [6, 6.07) is 6.23. The Morgan fingerprint density at radius 1 is 1.31 bits per heavy atom. The van der Waals surface area contributed by atoms with Gasteiger partial charge in [-0.1, -0.05) is 12.1 Å². The van der Waals surface area contributed by atoms with E-state index < -0.39 is 0 Å². The molecule has 1 amide bonds. The van der Waals surface area contributed by atoms with Crippen LogP contribution >= 0.6 is 0 Å². The molecule has 6 heteroatoms. The number of ether oxygens (including phenoxy) is 2. The van der Waals surface area contributed by atoms with Crippen molar-refractivity contribution in [3.05, 3.63) is 29.5 Å². The predicted molar refractivity (Wildman–Crippen MR) is 101 cm³/mol. The lowest BCUT2D eigenvalue weighted by Crippen LogP contribution is -2.42. The number of carbonyl (C=O) groups is 1. The summed E-state index contributed by atoms with van der Waals surface area (Å²) < 4.78 is 13.9. The van der Waals surface area contributed by atoms with Crippen molar-refractivity contribution in [3.63, 3.8) is 0 Å². The fourth-order valence-electron chi connectivity index (χ4n) is 4.11. The Morgan fingerprint density at radius 2 is 2.08 bits per heavy atom. The minimum absolute atomic E-state index is 0.0814. The van der Waals surface area contributed by atoms with Crippen LogP contribution in [0.15, 0.2) is 18.2 Å². The number of hydrogen-bond acceptors (Lipinski definition) is 4. The molecule has 0 unspecified atom stereocenters. The summed E-state index contributed by atoms with van der Waals surface area (Å²) in [5.74, 6) is 0.958. The summed E-state index contributed by atoms with van der Waals surface area (Å²) in [7, 11) is 1.86. The van der Waals surface area contributed by atoms with Gasteiger partial charge in [0.2, 0.25) is 0 Å². The normalized spacial score (nSPS) is 20.2. The smallest absolute Gasteiger partial charge is 0.256 e. The van der Waals surface area contributed by atoms with Gasteiger partial charge in [0.15, 0.2) is 0 Å². The number of aromatic nitrogens is 1. The third-order valence-electron chi connectivity index (χ3n) is 5.64. The van der Waals surface area contributed by atoms with Crippen LogP contribution in [0.4, 0.5) is 0 Å². The van der Waals surface area contributed by atoms with Crippen molar-refractivity contribution in [2.75, 3.05) is 53.0 Å². The van der Waals surface area contributed by atoms with Crippen molar-refractivity contribution in [3.8, 4) is 5.75 Å². The van der Waals surface area contributed by atoms with Gasteiger partial charge < -0.3 is 18.9 Å². The van der Waals surface area contributed by atoms with Crippen molar-refractivity contribution < 1.29 is 14.3 Å². The van der Waals surface area contributed by atoms with E-state index in [4.69, 9.17) is 9.47 Å². The van der Waals surface area contributed by atoms with E-state index in [9.17, 15) is 4.79 Å². The van der Waals surface area contributed by atoms with E-state index in [0.717, 1.165) is 60.8 Å². The number of nitrogens with zero attached hydrogens (tertiary/aromatic N) is 3. The minimum atomic E-state index is 0.0814. The Kier molecular flexibility index (Phi) is 4.63. The van der Waals surface area contributed by atoms with Gasteiger partial charge in [-0.15, -0.1) is 0 Å². The molecule has 1 fully saturated rings. The van der Waals surface area contributed by atoms with E-state index >= 15 is 0 Å². The van der Waals surface area contributed by atoms with Gasteiger partial charge in [0.1, 0.15) is 12.4 Å². The van der Waals surface area contributed by atoms with Gasteiger partial charge in [-0.05, 0) is 19.9 Å². The number of para-hydroxylation sites is 1. The van der Waals surface area contributed by atoms with Crippen molar-refractivity contribution >= 4 is 16.8 Å². The Bertz CT molecular complexity index is 823. The Labute approximate surface area is 154 Å². The number of benzene rings is 1. The molecule has 2 aliphatic heterocycles. The van der Waals surface area contributed by atoms with Crippen LogP contribution in [0.3, 0.4) is 0 Å².